The molecular weight excluding hydrogens is 368 g/mol. The Balaban J connectivity index is 1.81. The van der Waals surface area contributed by atoms with Crippen LogP contribution < -0.4 is 9.47 Å². The SMILES string of the molecule is CC(OC(=O)[C@H](O)[C@@H](O)C(=O)OC(C)Oc1ccccc1)Oc1ccccc1. The number of hydrogen-bond acceptors (Lipinski definition) is 8. The summed E-state index contributed by atoms with van der Waals surface area (Å²) in [4.78, 5) is 23.8. The summed E-state index contributed by atoms with van der Waals surface area (Å²) in [6.45, 7) is 2.86. The van der Waals surface area contributed by atoms with Crippen LogP contribution in [-0.2, 0) is 19.1 Å². The van der Waals surface area contributed by atoms with Crippen LogP contribution in [0.5, 0.6) is 11.5 Å². The predicted molar refractivity (Wildman–Crippen MR) is 97.3 cm³/mol. The van der Waals surface area contributed by atoms with Gasteiger partial charge in [0.25, 0.3) is 0 Å². The monoisotopic (exact) mass is 390 g/mol. The molecule has 0 spiro atoms. The Kier molecular flexibility index (Phi) is 7.79. The summed E-state index contributed by atoms with van der Waals surface area (Å²) in [5, 5.41) is 19.7. The van der Waals surface area contributed by atoms with Crippen molar-refractivity contribution in [3.05, 3.63) is 60.7 Å². The van der Waals surface area contributed by atoms with Crippen LogP contribution in [0.2, 0.25) is 0 Å². The molecule has 0 fully saturated rings. The zero-order chi connectivity index (χ0) is 20.5. The zero-order valence-corrected chi connectivity index (χ0v) is 15.4. The van der Waals surface area contributed by atoms with Gasteiger partial charge in [0.15, 0.2) is 12.2 Å². The molecule has 0 radical (unpaired) electrons. The van der Waals surface area contributed by atoms with Gasteiger partial charge in [0, 0.05) is 13.8 Å². The van der Waals surface area contributed by atoms with Crippen molar-refractivity contribution in [1.82, 2.24) is 0 Å². The smallest absolute Gasteiger partial charge is 0.341 e. The lowest BCUT2D eigenvalue weighted by molar-refractivity contribution is -0.190. The van der Waals surface area contributed by atoms with E-state index in [4.69, 9.17) is 18.9 Å². The third-order valence-electron chi connectivity index (χ3n) is 3.44. The second kappa shape index (κ2) is 10.3. The fraction of sp³-hybridized carbons (Fsp3) is 0.300. The maximum Gasteiger partial charge on any atom is 0.341 e. The van der Waals surface area contributed by atoms with Crippen LogP contribution in [0, 0.1) is 0 Å². The molecule has 0 bridgehead atoms. The van der Waals surface area contributed by atoms with Gasteiger partial charge in [0.2, 0.25) is 12.6 Å². The fourth-order valence-corrected chi connectivity index (χ4v) is 2.15. The van der Waals surface area contributed by atoms with E-state index in [1.54, 1.807) is 60.7 Å². The topological polar surface area (TPSA) is 112 Å². The van der Waals surface area contributed by atoms with Crippen LogP contribution in [-0.4, -0.2) is 46.9 Å². The third kappa shape index (κ3) is 6.57. The number of benzene rings is 2. The second-order valence-electron chi connectivity index (χ2n) is 5.76. The highest BCUT2D eigenvalue weighted by Gasteiger charge is 2.35. The molecule has 0 aliphatic rings. The number of para-hydroxylation sites is 2. The van der Waals surface area contributed by atoms with Gasteiger partial charge in [-0.1, -0.05) is 36.4 Å². The van der Waals surface area contributed by atoms with Gasteiger partial charge in [-0.25, -0.2) is 9.59 Å². The molecule has 0 amide bonds. The van der Waals surface area contributed by atoms with Gasteiger partial charge in [-0.3, -0.25) is 0 Å². The summed E-state index contributed by atoms with van der Waals surface area (Å²) in [5.74, 6) is -1.57. The summed E-state index contributed by atoms with van der Waals surface area (Å²) in [6.07, 6.45) is -6.38. The lowest BCUT2D eigenvalue weighted by Gasteiger charge is -2.21. The predicted octanol–water partition coefficient (Wildman–Crippen LogP) is 1.64. The zero-order valence-electron chi connectivity index (χ0n) is 15.4. The van der Waals surface area contributed by atoms with Gasteiger partial charge in [-0.05, 0) is 24.3 Å². The molecule has 2 aromatic carbocycles. The van der Waals surface area contributed by atoms with E-state index in [-0.39, 0.29) is 0 Å². The van der Waals surface area contributed by atoms with Crippen LogP contribution in [0.3, 0.4) is 0 Å². The van der Waals surface area contributed by atoms with Crippen LogP contribution in [0.4, 0.5) is 0 Å². The van der Waals surface area contributed by atoms with E-state index in [0.29, 0.717) is 11.5 Å². The van der Waals surface area contributed by atoms with Gasteiger partial charge in [-0.2, -0.15) is 0 Å². The Morgan fingerprint density at radius 2 is 1.00 bits per heavy atom. The molecule has 150 valence electrons. The van der Waals surface area contributed by atoms with Crippen molar-refractivity contribution in [2.24, 2.45) is 0 Å². The van der Waals surface area contributed by atoms with Crippen LogP contribution in [0.15, 0.2) is 60.7 Å². The molecule has 0 heterocycles. The number of carbonyl (C=O) groups excluding carboxylic acids is 2. The fourth-order valence-electron chi connectivity index (χ4n) is 2.15. The van der Waals surface area contributed by atoms with Crippen molar-refractivity contribution >= 4 is 11.9 Å². The number of aliphatic hydroxyl groups excluding tert-OH is 2. The first-order valence-electron chi connectivity index (χ1n) is 8.57. The molecule has 0 aliphatic carbocycles. The van der Waals surface area contributed by atoms with Crippen molar-refractivity contribution < 1.29 is 38.7 Å². The molecule has 0 aliphatic heterocycles. The van der Waals surface area contributed by atoms with Crippen molar-refractivity contribution in [1.29, 1.82) is 0 Å². The number of esters is 2. The number of rotatable bonds is 9. The van der Waals surface area contributed by atoms with E-state index in [1.807, 2.05) is 0 Å². The minimum absolute atomic E-state index is 0.448. The van der Waals surface area contributed by atoms with Gasteiger partial charge in [0.1, 0.15) is 11.5 Å². The third-order valence-corrected chi connectivity index (χ3v) is 3.44. The standard InChI is InChI=1S/C20H22O8/c1-13(25-15-9-5-3-6-10-15)27-19(23)17(21)18(22)20(24)28-14(2)26-16-11-7-4-8-12-16/h3-14,17-18,21-22H,1-2H3/t13?,14?,17-,18-/m1/s1. The first kappa shape index (κ1) is 21.2. The van der Waals surface area contributed by atoms with E-state index in [1.165, 1.54) is 13.8 Å². The molecule has 0 aromatic heterocycles. The molecule has 2 unspecified atom stereocenters. The Morgan fingerprint density at radius 1 is 0.679 bits per heavy atom. The Hall–Kier alpha value is -3.10. The van der Waals surface area contributed by atoms with E-state index in [9.17, 15) is 19.8 Å². The summed E-state index contributed by atoms with van der Waals surface area (Å²) in [6, 6.07) is 17.1. The first-order valence-corrected chi connectivity index (χ1v) is 8.57. The van der Waals surface area contributed by atoms with Crippen LogP contribution >= 0.6 is 0 Å². The molecule has 0 saturated heterocycles. The van der Waals surface area contributed by atoms with Crippen molar-refractivity contribution in [3.8, 4) is 11.5 Å². The molecule has 2 rings (SSSR count). The number of ether oxygens (including phenoxy) is 4. The highest BCUT2D eigenvalue weighted by atomic mass is 16.7. The van der Waals surface area contributed by atoms with E-state index < -0.39 is 36.7 Å². The molecule has 28 heavy (non-hydrogen) atoms. The second-order valence-corrected chi connectivity index (χ2v) is 5.76. The number of hydrogen-bond donors (Lipinski definition) is 2. The van der Waals surface area contributed by atoms with E-state index >= 15 is 0 Å². The molecule has 2 N–H and O–H groups in total. The normalized spacial score (nSPS) is 14.9. The molecule has 8 nitrogen and oxygen atoms in total. The summed E-state index contributed by atoms with van der Waals surface area (Å²) < 4.78 is 20.4. The highest BCUT2D eigenvalue weighted by Crippen LogP contribution is 2.14. The number of carbonyl (C=O) groups is 2. The van der Waals surface area contributed by atoms with Gasteiger partial charge >= 0.3 is 11.9 Å². The quantitative estimate of drug-likeness (QED) is 0.491. The first-order chi connectivity index (χ1) is 13.4. The Labute approximate surface area is 162 Å². The average Bonchev–Trinajstić information content (AvgIpc) is 2.68. The largest absolute Gasteiger partial charge is 0.455 e. The van der Waals surface area contributed by atoms with Crippen molar-refractivity contribution in [3.63, 3.8) is 0 Å². The highest BCUT2D eigenvalue weighted by molar-refractivity contribution is 5.85. The summed E-state index contributed by atoms with van der Waals surface area (Å²) in [7, 11) is 0. The summed E-state index contributed by atoms with van der Waals surface area (Å²) >= 11 is 0. The maximum atomic E-state index is 11.9. The van der Waals surface area contributed by atoms with Gasteiger partial charge in [-0.15, -0.1) is 0 Å². The lowest BCUT2D eigenvalue weighted by atomic mass is 10.2. The maximum absolute atomic E-state index is 11.9. The molecular formula is C20H22O8. The number of aliphatic hydroxyl groups is 2. The van der Waals surface area contributed by atoms with Crippen LogP contribution in [0.25, 0.3) is 0 Å². The molecule has 0 saturated carbocycles. The van der Waals surface area contributed by atoms with Gasteiger partial charge < -0.3 is 29.2 Å². The van der Waals surface area contributed by atoms with Crippen LogP contribution in [0.1, 0.15) is 13.8 Å². The van der Waals surface area contributed by atoms with E-state index in [0.717, 1.165) is 0 Å². The molecule has 4 atom stereocenters. The van der Waals surface area contributed by atoms with Crippen molar-refractivity contribution in [2.75, 3.05) is 0 Å². The minimum Gasteiger partial charge on any atom is -0.455 e. The van der Waals surface area contributed by atoms with E-state index in [2.05, 4.69) is 0 Å². The summed E-state index contributed by atoms with van der Waals surface area (Å²) in [5.41, 5.74) is 0. The van der Waals surface area contributed by atoms with Gasteiger partial charge in [0.05, 0.1) is 0 Å². The Morgan fingerprint density at radius 3 is 1.32 bits per heavy atom. The average molecular weight is 390 g/mol. The molecule has 8 heteroatoms. The Bertz CT molecular complexity index is 684. The lowest BCUT2D eigenvalue weighted by Crippen LogP contribution is -2.44. The molecule has 2 aromatic rings. The minimum atomic E-state index is -2.14. The van der Waals surface area contributed by atoms with Crippen molar-refractivity contribution in [2.45, 2.75) is 38.6 Å².